The number of rotatable bonds is 8. The Balaban J connectivity index is 1.56. The van der Waals surface area contributed by atoms with Gasteiger partial charge in [0.1, 0.15) is 5.82 Å². The highest BCUT2D eigenvalue weighted by atomic mass is 19.3. The molecule has 1 saturated heterocycles. The topological polar surface area (TPSA) is 57.3 Å². The Labute approximate surface area is 141 Å². The van der Waals surface area contributed by atoms with Gasteiger partial charge < -0.3 is 10.6 Å². The molecular formula is C17H26F2N4O. The number of carbonyl (C=O) groups is 1. The summed E-state index contributed by atoms with van der Waals surface area (Å²) in [5.74, 6) is 0.823. The van der Waals surface area contributed by atoms with E-state index in [1.165, 1.54) is 0 Å². The zero-order valence-electron chi connectivity index (χ0n) is 14.1. The summed E-state index contributed by atoms with van der Waals surface area (Å²) in [4.78, 5) is 18.1. The van der Waals surface area contributed by atoms with Gasteiger partial charge in [-0.25, -0.2) is 13.8 Å². The smallest absolute Gasteiger partial charge is 0.251 e. The molecule has 2 heterocycles. The van der Waals surface area contributed by atoms with Crippen molar-refractivity contribution in [3.63, 3.8) is 0 Å². The molecule has 0 atom stereocenters. The molecule has 1 fully saturated rings. The van der Waals surface area contributed by atoms with Gasteiger partial charge in [-0.1, -0.05) is 6.07 Å². The molecule has 1 aromatic rings. The molecule has 0 bridgehead atoms. The van der Waals surface area contributed by atoms with E-state index in [1.807, 2.05) is 25.3 Å². The van der Waals surface area contributed by atoms with Crippen molar-refractivity contribution in [1.82, 2.24) is 15.2 Å². The number of aryl methyl sites for hydroxylation is 1. The number of nitrogens with zero attached hydrogens (tertiary/aromatic N) is 2. The minimum absolute atomic E-state index is 0.0418. The van der Waals surface area contributed by atoms with Crippen LogP contribution in [0.4, 0.5) is 14.6 Å². The van der Waals surface area contributed by atoms with E-state index in [9.17, 15) is 13.6 Å². The number of amides is 1. The molecule has 7 heteroatoms. The van der Waals surface area contributed by atoms with Crippen LogP contribution >= 0.6 is 0 Å². The van der Waals surface area contributed by atoms with Crippen molar-refractivity contribution < 1.29 is 13.6 Å². The fourth-order valence-electron chi connectivity index (χ4n) is 2.81. The largest absolute Gasteiger partial charge is 0.370 e. The van der Waals surface area contributed by atoms with Crippen molar-refractivity contribution in [3.8, 4) is 0 Å². The summed E-state index contributed by atoms with van der Waals surface area (Å²) >= 11 is 0. The molecule has 0 radical (unpaired) electrons. The molecule has 24 heavy (non-hydrogen) atoms. The molecule has 0 saturated carbocycles. The highest BCUT2D eigenvalue weighted by Crippen LogP contribution is 2.18. The minimum atomic E-state index is -2.30. The summed E-state index contributed by atoms with van der Waals surface area (Å²) in [6.45, 7) is 4.29. The highest BCUT2D eigenvalue weighted by molar-refractivity contribution is 5.78. The number of pyridine rings is 1. The summed E-state index contributed by atoms with van der Waals surface area (Å²) < 4.78 is 24.7. The number of piperidine rings is 1. The first kappa shape index (κ1) is 18.6. The van der Waals surface area contributed by atoms with Gasteiger partial charge in [-0.2, -0.15) is 0 Å². The molecule has 0 unspecified atom stereocenters. The maximum Gasteiger partial charge on any atom is 0.251 e. The van der Waals surface area contributed by atoms with Crippen LogP contribution in [0, 0.1) is 12.8 Å². The van der Waals surface area contributed by atoms with Crippen molar-refractivity contribution in [2.45, 2.75) is 32.6 Å². The van der Waals surface area contributed by atoms with Gasteiger partial charge in [-0.3, -0.25) is 9.69 Å². The first-order valence-corrected chi connectivity index (χ1v) is 8.49. The quantitative estimate of drug-likeness (QED) is 0.713. The van der Waals surface area contributed by atoms with E-state index in [1.54, 1.807) is 4.90 Å². The van der Waals surface area contributed by atoms with Crippen LogP contribution in [0.15, 0.2) is 18.3 Å². The van der Waals surface area contributed by atoms with Crippen LogP contribution in [-0.4, -0.2) is 54.9 Å². The third-order valence-electron chi connectivity index (χ3n) is 4.22. The number of hydrogen-bond acceptors (Lipinski definition) is 4. The molecule has 1 aromatic heterocycles. The van der Waals surface area contributed by atoms with Crippen molar-refractivity contribution in [1.29, 1.82) is 0 Å². The molecule has 134 valence electrons. The van der Waals surface area contributed by atoms with Crippen molar-refractivity contribution in [2.24, 2.45) is 5.92 Å². The van der Waals surface area contributed by atoms with Gasteiger partial charge in [0.05, 0.1) is 6.54 Å². The minimum Gasteiger partial charge on any atom is -0.370 e. The van der Waals surface area contributed by atoms with Crippen molar-refractivity contribution >= 4 is 11.7 Å². The number of nitrogens with one attached hydrogen (secondary N) is 2. The summed E-state index contributed by atoms with van der Waals surface area (Å²) in [5, 5.41) is 6.15. The summed E-state index contributed by atoms with van der Waals surface area (Å²) in [7, 11) is 0. The van der Waals surface area contributed by atoms with E-state index in [4.69, 9.17) is 0 Å². The summed E-state index contributed by atoms with van der Waals surface area (Å²) in [6.07, 6.45) is 1.63. The lowest BCUT2D eigenvalue weighted by atomic mass is 9.96. The fourth-order valence-corrected chi connectivity index (χ4v) is 2.81. The van der Waals surface area contributed by atoms with Gasteiger partial charge in [0.2, 0.25) is 5.91 Å². The highest BCUT2D eigenvalue weighted by Gasteiger charge is 2.25. The first-order valence-electron chi connectivity index (χ1n) is 8.49. The Morgan fingerprint density at radius 1 is 1.33 bits per heavy atom. The standard InChI is InChI=1S/C17H26F2N4O/c1-13-3-4-16(22-11-13)20-7-2-8-21-17(24)14-5-9-23(10-6-14)12-15(18)19/h3-4,11,14-15H,2,5-10,12H2,1H3,(H,20,22)(H,21,24). The van der Waals surface area contributed by atoms with Crippen LogP contribution in [0.1, 0.15) is 24.8 Å². The lowest BCUT2D eigenvalue weighted by Crippen LogP contribution is -2.42. The molecule has 1 aliphatic rings. The van der Waals surface area contributed by atoms with Gasteiger partial charge in [0.25, 0.3) is 6.43 Å². The number of carbonyl (C=O) groups excluding carboxylic acids is 1. The van der Waals surface area contributed by atoms with Crippen LogP contribution in [-0.2, 0) is 4.79 Å². The van der Waals surface area contributed by atoms with Crippen LogP contribution in [0.3, 0.4) is 0 Å². The second-order valence-corrected chi connectivity index (χ2v) is 6.26. The predicted molar refractivity (Wildman–Crippen MR) is 90.3 cm³/mol. The molecule has 2 N–H and O–H groups in total. The predicted octanol–water partition coefficient (Wildman–Crippen LogP) is 2.29. The first-order chi connectivity index (χ1) is 11.5. The van der Waals surface area contributed by atoms with Gasteiger partial charge in [-0.15, -0.1) is 0 Å². The Morgan fingerprint density at radius 3 is 2.71 bits per heavy atom. The average Bonchev–Trinajstić information content (AvgIpc) is 2.56. The zero-order chi connectivity index (χ0) is 17.4. The van der Waals surface area contributed by atoms with Crippen molar-refractivity contribution in [3.05, 3.63) is 23.9 Å². The lowest BCUT2D eigenvalue weighted by molar-refractivity contribution is -0.126. The van der Waals surface area contributed by atoms with Crippen molar-refractivity contribution in [2.75, 3.05) is 38.0 Å². The third-order valence-corrected chi connectivity index (χ3v) is 4.22. The molecule has 1 aliphatic heterocycles. The lowest BCUT2D eigenvalue weighted by Gasteiger charge is -2.30. The summed E-state index contributed by atoms with van der Waals surface area (Å²) in [5.41, 5.74) is 1.12. The molecule has 0 aliphatic carbocycles. The maximum absolute atomic E-state index is 12.3. The Kier molecular flexibility index (Phi) is 7.36. The number of halogens is 2. The number of aromatic nitrogens is 1. The van der Waals surface area contributed by atoms with Crippen LogP contribution in [0.5, 0.6) is 0 Å². The zero-order valence-corrected chi connectivity index (χ0v) is 14.1. The second-order valence-electron chi connectivity index (χ2n) is 6.26. The maximum atomic E-state index is 12.3. The van der Waals surface area contributed by atoms with Crippen LogP contribution in [0.25, 0.3) is 0 Å². The molecule has 5 nitrogen and oxygen atoms in total. The van der Waals surface area contributed by atoms with E-state index in [0.717, 1.165) is 24.3 Å². The van der Waals surface area contributed by atoms with E-state index in [-0.39, 0.29) is 18.4 Å². The monoisotopic (exact) mass is 340 g/mol. The molecular weight excluding hydrogens is 314 g/mol. The fraction of sp³-hybridized carbons (Fsp3) is 0.647. The van der Waals surface area contributed by atoms with E-state index in [0.29, 0.717) is 32.5 Å². The number of hydrogen-bond donors (Lipinski definition) is 2. The van der Waals surface area contributed by atoms with E-state index < -0.39 is 6.43 Å². The molecule has 0 spiro atoms. The normalized spacial score (nSPS) is 16.3. The third kappa shape index (κ3) is 6.39. The van der Waals surface area contributed by atoms with E-state index in [2.05, 4.69) is 15.6 Å². The Bertz CT molecular complexity index is 502. The van der Waals surface area contributed by atoms with Crippen LogP contribution in [0.2, 0.25) is 0 Å². The van der Waals surface area contributed by atoms with E-state index >= 15 is 0 Å². The Morgan fingerprint density at radius 2 is 2.08 bits per heavy atom. The number of alkyl halides is 2. The SMILES string of the molecule is Cc1ccc(NCCCNC(=O)C2CCN(CC(F)F)CC2)nc1. The Hall–Kier alpha value is -1.76. The van der Waals surface area contributed by atoms with Gasteiger partial charge in [-0.05, 0) is 50.9 Å². The van der Waals surface area contributed by atoms with Gasteiger partial charge in [0, 0.05) is 25.2 Å². The number of anilines is 1. The molecule has 0 aromatic carbocycles. The average molecular weight is 340 g/mol. The second kappa shape index (κ2) is 9.52. The van der Waals surface area contributed by atoms with Crippen LogP contribution < -0.4 is 10.6 Å². The number of likely N-dealkylation sites (tertiary alicyclic amines) is 1. The molecule has 1 amide bonds. The van der Waals surface area contributed by atoms with Gasteiger partial charge >= 0.3 is 0 Å². The van der Waals surface area contributed by atoms with Gasteiger partial charge in [0.15, 0.2) is 0 Å². The molecule has 2 rings (SSSR count). The summed E-state index contributed by atoms with van der Waals surface area (Å²) in [6, 6.07) is 3.93.